The fourth-order valence-electron chi connectivity index (χ4n) is 3.50. The van der Waals surface area contributed by atoms with E-state index in [2.05, 4.69) is 5.32 Å². The summed E-state index contributed by atoms with van der Waals surface area (Å²) < 4.78 is 5.58. The predicted molar refractivity (Wildman–Crippen MR) is 134 cm³/mol. The van der Waals surface area contributed by atoms with Crippen LogP contribution in [0.4, 0.5) is 10.5 Å². The van der Waals surface area contributed by atoms with Crippen molar-refractivity contribution in [2.75, 3.05) is 11.9 Å². The van der Waals surface area contributed by atoms with Crippen LogP contribution in [-0.2, 0) is 16.1 Å². The summed E-state index contributed by atoms with van der Waals surface area (Å²) in [5.74, 6) is -0.0181. The normalized spacial score (nSPS) is 14.5. The molecule has 0 bridgehead atoms. The van der Waals surface area contributed by atoms with Crippen molar-refractivity contribution in [1.29, 1.82) is 0 Å². The summed E-state index contributed by atoms with van der Waals surface area (Å²) in [6, 6.07) is 22.2. The molecule has 3 aromatic carbocycles. The van der Waals surface area contributed by atoms with Gasteiger partial charge in [0.1, 0.15) is 5.75 Å². The zero-order valence-corrected chi connectivity index (χ0v) is 19.7. The third-order valence-electron chi connectivity index (χ3n) is 5.26. The van der Waals surface area contributed by atoms with Crippen molar-refractivity contribution < 1.29 is 19.1 Å². The number of nitrogens with one attached hydrogen (secondary N) is 1. The lowest BCUT2D eigenvalue weighted by Crippen LogP contribution is -2.27. The number of amides is 3. The van der Waals surface area contributed by atoms with E-state index in [0.29, 0.717) is 10.7 Å². The van der Waals surface area contributed by atoms with Crippen LogP contribution < -0.4 is 10.1 Å². The van der Waals surface area contributed by atoms with Gasteiger partial charge in [-0.3, -0.25) is 19.3 Å². The second-order valence-corrected chi connectivity index (χ2v) is 8.97. The van der Waals surface area contributed by atoms with Crippen molar-refractivity contribution in [3.05, 3.63) is 100.0 Å². The van der Waals surface area contributed by atoms with Gasteiger partial charge in [0.15, 0.2) is 6.61 Å². The van der Waals surface area contributed by atoms with Crippen LogP contribution in [0.15, 0.2) is 77.7 Å². The molecular weight excluding hydrogens is 448 g/mol. The molecule has 3 amide bonds. The summed E-state index contributed by atoms with van der Waals surface area (Å²) in [6.45, 7) is 4.07. The lowest BCUT2D eigenvalue weighted by Gasteiger charge is -2.12. The molecule has 0 saturated carbocycles. The van der Waals surface area contributed by atoms with Gasteiger partial charge in [-0.15, -0.1) is 0 Å². The zero-order valence-electron chi connectivity index (χ0n) is 18.9. The minimum absolute atomic E-state index is 0.120. The van der Waals surface area contributed by atoms with Crippen molar-refractivity contribution in [3.8, 4) is 5.75 Å². The van der Waals surface area contributed by atoms with Crippen molar-refractivity contribution in [3.63, 3.8) is 0 Å². The van der Waals surface area contributed by atoms with Crippen LogP contribution in [0.25, 0.3) is 6.08 Å². The first-order valence-corrected chi connectivity index (χ1v) is 11.6. The molecule has 172 valence electrons. The Hall–Kier alpha value is -3.84. The fraction of sp³-hybridized carbons (Fsp3) is 0.148. The van der Waals surface area contributed by atoms with Crippen LogP contribution in [0.3, 0.4) is 0 Å². The SMILES string of the molecule is Cc1ccc(NC(=O)COc2ccc(/C=C3\SC(=O)N(Cc4ccccc4)C3=O)cc2)c(C)c1. The van der Waals surface area contributed by atoms with Crippen molar-refractivity contribution in [2.24, 2.45) is 0 Å². The first-order valence-electron chi connectivity index (χ1n) is 10.8. The van der Waals surface area contributed by atoms with E-state index in [0.717, 1.165) is 39.7 Å². The fourth-order valence-corrected chi connectivity index (χ4v) is 4.34. The Morgan fingerprint density at radius 2 is 1.74 bits per heavy atom. The van der Waals surface area contributed by atoms with Gasteiger partial charge in [-0.05, 0) is 66.6 Å². The lowest BCUT2D eigenvalue weighted by molar-refractivity contribution is -0.123. The Morgan fingerprint density at radius 3 is 2.44 bits per heavy atom. The number of hydrogen-bond acceptors (Lipinski definition) is 5. The van der Waals surface area contributed by atoms with E-state index in [4.69, 9.17) is 4.74 Å². The van der Waals surface area contributed by atoms with E-state index in [-0.39, 0.29) is 30.2 Å². The quantitative estimate of drug-likeness (QED) is 0.456. The number of hydrogen-bond donors (Lipinski definition) is 1. The van der Waals surface area contributed by atoms with Gasteiger partial charge in [-0.25, -0.2) is 0 Å². The minimum Gasteiger partial charge on any atom is -0.484 e. The van der Waals surface area contributed by atoms with Gasteiger partial charge in [-0.1, -0.05) is 60.2 Å². The molecule has 0 aliphatic carbocycles. The molecule has 34 heavy (non-hydrogen) atoms. The summed E-state index contributed by atoms with van der Waals surface area (Å²) in [5.41, 5.74) is 4.54. The smallest absolute Gasteiger partial charge is 0.293 e. The van der Waals surface area contributed by atoms with E-state index >= 15 is 0 Å². The van der Waals surface area contributed by atoms with E-state index in [1.54, 1.807) is 30.3 Å². The van der Waals surface area contributed by atoms with E-state index in [1.807, 2.05) is 62.4 Å². The highest BCUT2D eigenvalue weighted by atomic mass is 32.2. The molecule has 4 rings (SSSR count). The standard InChI is InChI=1S/C27H24N2O4S/c1-18-8-13-23(19(2)14-18)28-25(30)17-33-22-11-9-20(10-12-22)15-24-26(31)29(27(32)34-24)16-21-6-4-3-5-7-21/h3-15H,16-17H2,1-2H3,(H,28,30)/b24-15-. The predicted octanol–water partition coefficient (Wildman–Crippen LogP) is 5.56. The Balaban J connectivity index is 1.33. The molecule has 0 spiro atoms. The van der Waals surface area contributed by atoms with Crippen LogP contribution in [0.1, 0.15) is 22.3 Å². The number of nitrogens with zero attached hydrogens (tertiary/aromatic N) is 1. The summed E-state index contributed by atoms with van der Waals surface area (Å²) in [4.78, 5) is 38.9. The van der Waals surface area contributed by atoms with Crippen LogP contribution in [0, 0.1) is 13.8 Å². The van der Waals surface area contributed by atoms with Gasteiger partial charge < -0.3 is 10.1 Å². The second-order valence-electron chi connectivity index (χ2n) is 7.98. The van der Waals surface area contributed by atoms with Crippen LogP contribution >= 0.6 is 11.8 Å². The van der Waals surface area contributed by atoms with Gasteiger partial charge >= 0.3 is 0 Å². The Kier molecular flexibility index (Phi) is 7.13. The molecule has 1 aliphatic rings. The molecule has 1 heterocycles. The van der Waals surface area contributed by atoms with Gasteiger partial charge in [-0.2, -0.15) is 0 Å². The maximum absolute atomic E-state index is 12.7. The highest BCUT2D eigenvalue weighted by Crippen LogP contribution is 2.33. The van der Waals surface area contributed by atoms with Crippen molar-refractivity contribution in [1.82, 2.24) is 4.90 Å². The molecule has 0 radical (unpaired) electrons. The molecule has 7 heteroatoms. The largest absolute Gasteiger partial charge is 0.484 e. The summed E-state index contributed by atoms with van der Waals surface area (Å²) >= 11 is 0.931. The molecule has 0 unspecified atom stereocenters. The Morgan fingerprint density at radius 1 is 1.00 bits per heavy atom. The number of carbonyl (C=O) groups is 3. The topological polar surface area (TPSA) is 75.7 Å². The number of carbonyl (C=O) groups excluding carboxylic acids is 3. The monoisotopic (exact) mass is 472 g/mol. The average Bonchev–Trinajstić information content (AvgIpc) is 3.08. The highest BCUT2D eigenvalue weighted by molar-refractivity contribution is 8.18. The summed E-state index contributed by atoms with van der Waals surface area (Å²) in [5, 5.41) is 2.56. The lowest BCUT2D eigenvalue weighted by atomic mass is 10.1. The van der Waals surface area contributed by atoms with Crippen molar-refractivity contribution in [2.45, 2.75) is 20.4 Å². The van der Waals surface area contributed by atoms with E-state index < -0.39 is 0 Å². The number of benzene rings is 3. The molecule has 1 fully saturated rings. The number of thioether (sulfide) groups is 1. The molecule has 3 aromatic rings. The first-order chi connectivity index (χ1) is 16.4. The summed E-state index contributed by atoms with van der Waals surface area (Å²) in [6.07, 6.45) is 1.69. The van der Waals surface area contributed by atoms with Crippen LogP contribution in [0.2, 0.25) is 0 Å². The van der Waals surface area contributed by atoms with E-state index in [9.17, 15) is 14.4 Å². The number of rotatable bonds is 7. The average molecular weight is 473 g/mol. The molecular formula is C27H24N2O4S. The maximum Gasteiger partial charge on any atom is 0.293 e. The van der Waals surface area contributed by atoms with E-state index in [1.165, 1.54) is 4.90 Å². The van der Waals surface area contributed by atoms with Gasteiger partial charge in [0.05, 0.1) is 11.4 Å². The molecule has 6 nitrogen and oxygen atoms in total. The maximum atomic E-state index is 12.7. The number of aryl methyl sites for hydroxylation is 2. The third-order valence-corrected chi connectivity index (χ3v) is 6.17. The van der Waals surface area contributed by atoms with Gasteiger partial charge in [0, 0.05) is 5.69 Å². The first kappa shape index (κ1) is 23.3. The molecule has 1 aliphatic heterocycles. The number of imide groups is 1. The van der Waals surface area contributed by atoms with Gasteiger partial charge in [0.2, 0.25) is 0 Å². The number of anilines is 1. The highest BCUT2D eigenvalue weighted by Gasteiger charge is 2.34. The summed E-state index contributed by atoms with van der Waals surface area (Å²) in [7, 11) is 0. The molecule has 0 atom stereocenters. The Bertz CT molecular complexity index is 1250. The minimum atomic E-state index is -0.303. The van der Waals surface area contributed by atoms with Crippen LogP contribution in [0.5, 0.6) is 5.75 Å². The van der Waals surface area contributed by atoms with Crippen molar-refractivity contribution >= 4 is 40.6 Å². The second kappa shape index (κ2) is 10.4. The molecule has 1 N–H and O–H groups in total. The Labute approximate surface area is 202 Å². The van der Waals surface area contributed by atoms with Crippen LogP contribution in [-0.4, -0.2) is 28.6 Å². The molecule has 1 saturated heterocycles. The zero-order chi connectivity index (χ0) is 24.1. The molecule has 0 aromatic heterocycles. The number of ether oxygens (including phenoxy) is 1. The third kappa shape index (κ3) is 5.74. The van der Waals surface area contributed by atoms with Gasteiger partial charge in [0.25, 0.3) is 17.1 Å².